The van der Waals surface area contributed by atoms with E-state index in [0.29, 0.717) is 18.9 Å². The van der Waals surface area contributed by atoms with Crippen LogP contribution in [-0.4, -0.2) is 36.0 Å². The lowest BCUT2D eigenvalue weighted by Crippen LogP contribution is -2.39. The summed E-state index contributed by atoms with van der Waals surface area (Å²) in [6.45, 7) is -1.62. The van der Waals surface area contributed by atoms with Gasteiger partial charge in [0.15, 0.2) is 17.4 Å². The lowest BCUT2D eigenvalue weighted by molar-refractivity contribution is -0.145. The SMILES string of the molecule is O=C(CN(CC(F)(F)F)C1CC1)c1ccc(F)c(F)c1. The van der Waals surface area contributed by atoms with Crippen molar-refractivity contribution in [3.8, 4) is 0 Å². The Kier molecular flexibility index (Phi) is 4.08. The van der Waals surface area contributed by atoms with Crippen LogP contribution in [0.15, 0.2) is 18.2 Å². The van der Waals surface area contributed by atoms with Crippen molar-refractivity contribution in [1.82, 2.24) is 4.90 Å². The molecule has 1 fully saturated rings. The van der Waals surface area contributed by atoms with Crippen molar-refractivity contribution in [2.24, 2.45) is 0 Å². The highest BCUT2D eigenvalue weighted by Crippen LogP contribution is 2.30. The van der Waals surface area contributed by atoms with E-state index in [0.717, 1.165) is 17.0 Å². The van der Waals surface area contributed by atoms with Crippen LogP contribution in [0.1, 0.15) is 23.2 Å². The Bertz CT molecular complexity index is 510. The third kappa shape index (κ3) is 4.00. The second kappa shape index (κ2) is 5.47. The molecule has 7 heteroatoms. The number of halogens is 5. The fourth-order valence-electron chi connectivity index (χ4n) is 1.93. The van der Waals surface area contributed by atoms with E-state index in [1.165, 1.54) is 0 Å². The maximum absolute atomic E-state index is 13.0. The molecule has 0 unspecified atom stereocenters. The van der Waals surface area contributed by atoms with Gasteiger partial charge in [-0.2, -0.15) is 13.2 Å². The minimum absolute atomic E-state index is 0.128. The van der Waals surface area contributed by atoms with Gasteiger partial charge in [0.25, 0.3) is 0 Å². The first kappa shape index (κ1) is 14.9. The van der Waals surface area contributed by atoms with E-state index in [1.807, 2.05) is 0 Å². The molecule has 1 aliphatic carbocycles. The molecular formula is C13H12F5NO. The first-order chi connectivity index (χ1) is 9.26. The van der Waals surface area contributed by atoms with Crippen LogP contribution < -0.4 is 0 Å². The first-order valence-corrected chi connectivity index (χ1v) is 6.05. The van der Waals surface area contributed by atoms with Crippen molar-refractivity contribution in [3.63, 3.8) is 0 Å². The van der Waals surface area contributed by atoms with Crippen molar-refractivity contribution in [2.45, 2.75) is 25.1 Å². The summed E-state index contributed by atoms with van der Waals surface area (Å²) in [5.74, 6) is -2.94. The van der Waals surface area contributed by atoms with Crippen LogP contribution in [0.4, 0.5) is 22.0 Å². The van der Waals surface area contributed by atoms with E-state index in [1.54, 1.807) is 0 Å². The van der Waals surface area contributed by atoms with Gasteiger partial charge in [-0.3, -0.25) is 9.69 Å². The molecule has 0 aliphatic heterocycles. The van der Waals surface area contributed by atoms with E-state index in [9.17, 15) is 26.7 Å². The normalized spacial score (nSPS) is 15.7. The number of benzene rings is 1. The molecule has 2 rings (SSSR count). The third-order valence-electron chi connectivity index (χ3n) is 3.03. The summed E-state index contributed by atoms with van der Waals surface area (Å²) in [6.07, 6.45) is -3.17. The Balaban J connectivity index is 2.06. The second-order valence-corrected chi connectivity index (χ2v) is 4.80. The lowest BCUT2D eigenvalue weighted by Gasteiger charge is -2.22. The van der Waals surface area contributed by atoms with Crippen LogP contribution in [-0.2, 0) is 0 Å². The highest BCUT2D eigenvalue weighted by atomic mass is 19.4. The van der Waals surface area contributed by atoms with Crippen LogP contribution in [0.2, 0.25) is 0 Å². The molecule has 0 atom stereocenters. The van der Waals surface area contributed by atoms with E-state index in [2.05, 4.69) is 0 Å². The van der Waals surface area contributed by atoms with Gasteiger partial charge < -0.3 is 0 Å². The zero-order valence-corrected chi connectivity index (χ0v) is 10.4. The number of carbonyl (C=O) groups excluding carboxylic acids is 1. The lowest BCUT2D eigenvalue weighted by atomic mass is 10.1. The number of rotatable bonds is 5. The molecular weight excluding hydrogens is 281 g/mol. The minimum Gasteiger partial charge on any atom is -0.293 e. The van der Waals surface area contributed by atoms with E-state index >= 15 is 0 Å². The zero-order chi connectivity index (χ0) is 14.9. The van der Waals surface area contributed by atoms with Crippen LogP contribution in [0.3, 0.4) is 0 Å². The average Bonchev–Trinajstić information content (AvgIpc) is 3.14. The highest BCUT2D eigenvalue weighted by Gasteiger charge is 2.38. The van der Waals surface area contributed by atoms with Gasteiger partial charge in [0.05, 0.1) is 13.1 Å². The number of hydrogen-bond acceptors (Lipinski definition) is 2. The van der Waals surface area contributed by atoms with Gasteiger partial charge in [0.2, 0.25) is 0 Å². The summed E-state index contributed by atoms with van der Waals surface area (Å²) < 4.78 is 62.9. The van der Waals surface area contributed by atoms with E-state index < -0.39 is 36.7 Å². The fraction of sp³-hybridized carbons (Fsp3) is 0.462. The quantitative estimate of drug-likeness (QED) is 0.614. The minimum atomic E-state index is -4.39. The van der Waals surface area contributed by atoms with Crippen molar-refractivity contribution >= 4 is 5.78 Å². The highest BCUT2D eigenvalue weighted by molar-refractivity contribution is 5.97. The number of ketones is 1. The number of carbonyl (C=O) groups is 1. The van der Waals surface area contributed by atoms with Gasteiger partial charge in [-0.15, -0.1) is 0 Å². The smallest absolute Gasteiger partial charge is 0.293 e. The predicted octanol–water partition coefficient (Wildman–Crippen LogP) is 3.17. The van der Waals surface area contributed by atoms with Crippen molar-refractivity contribution in [1.29, 1.82) is 0 Å². The standard InChI is InChI=1S/C13H12F5NO/c14-10-4-1-8(5-11(10)15)12(20)6-19(9-2-3-9)7-13(16,17)18/h1,4-5,9H,2-3,6-7H2. The van der Waals surface area contributed by atoms with Crippen LogP contribution in [0, 0.1) is 11.6 Å². The van der Waals surface area contributed by atoms with Gasteiger partial charge in [-0.05, 0) is 31.0 Å². The maximum Gasteiger partial charge on any atom is 0.401 e. The van der Waals surface area contributed by atoms with Gasteiger partial charge in [-0.25, -0.2) is 8.78 Å². The molecule has 0 amide bonds. The molecule has 20 heavy (non-hydrogen) atoms. The Labute approximate surface area is 112 Å². The third-order valence-corrected chi connectivity index (χ3v) is 3.03. The summed E-state index contributed by atoms with van der Waals surface area (Å²) in [4.78, 5) is 12.9. The molecule has 0 spiro atoms. The average molecular weight is 293 g/mol. The van der Waals surface area contributed by atoms with Crippen molar-refractivity contribution < 1.29 is 26.7 Å². The van der Waals surface area contributed by atoms with Crippen LogP contribution in [0.5, 0.6) is 0 Å². The molecule has 1 aromatic rings. The first-order valence-electron chi connectivity index (χ1n) is 6.05. The van der Waals surface area contributed by atoms with E-state index in [-0.39, 0.29) is 11.6 Å². The number of alkyl halides is 3. The summed E-state index contributed by atoms with van der Waals surface area (Å²) in [6, 6.07) is 2.30. The molecule has 2 nitrogen and oxygen atoms in total. The van der Waals surface area contributed by atoms with Gasteiger partial charge in [0, 0.05) is 11.6 Å². The largest absolute Gasteiger partial charge is 0.401 e. The second-order valence-electron chi connectivity index (χ2n) is 4.80. The molecule has 0 saturated heterocycles. The predicted molar refractivity (Wildman–Crippen MR) is 61.3 cm³/mol. The molecule has 0 radical (unpaired) electrons. The van der Waals surface area contributed by atoms with Crippen LogP contribution in [0.25, 0.3) is 0 Å². The topological polar surface area (TPSA) is 20.3 Å². The Morgan fingerprint density at radius 1 is 1.20 bits per heavy atom. The van der Waals surface area contributed by atoms with Crippen molar-refractivity contribution in [2.75, 3.05) is 13.1 Å². The molecule has 1 aliphatic rings. The number of nitrogens with zero attached hydrogens (tertiary/aromatic N) is 1. The Hall–Kier alpha value is -1.50. The van der Waals surface area contributed by atoms with E-state index in [4.69, 9.17) is 0 Å². The molecule has 0 bridgehead atoms. The number of Topliss-reactive ketones (excluding diaryl/α,β-unsaturated/α-hetero) is 1. The molecule has 1 aromatic carbocycles. The summed E-state index contributed by atoms with van der Waals surface area (Å²) in [7, 11) is 0. The molecule has 1 saturated carbocycles. The molecule has 0 heterocycles. The van der Waals surface area contributed by atoms with Crippen molar-refractivity contribution in [3.05, 3.63) is 35.4 Å². The molecule has 110 valence electrons. The monoisotopic (exact) mass is 293 g/mol. The Morgan fingerprint density at radius 3 is 2.35 bits per heavy atom. The van der Waals surface area contributed by atoms with Gasteiger partial charge in [-0.1, -0.05) is 0 Å². The number of hydrogen-bond donors (Lipinski definition) is 0. The van der Waals surface area contributed by atoms with Crippen LogP contribution >= 0.6 is 0 Å². The summed E-state index contributed by atoms with van der Waals surface area (Å²) in [5, 5.41) is 0. The van der Waals surface area contributed by atoms with Gasteiger partial charge >= 0.3 is 6.18 Å². The molecule has 0 aromatic heterocycles. The zero-order valence-electron chi connectivity index (χ0n) is 10.4. The van der Waals surface area contributed by atoms with Gasteiger partial charge in [0.1, 0.15) is 0 Å². The Morgan fingerprint density at radius 2 is 1.85 bits per heavy atom. The fourth-order valence-corrected chi connectivity index (χ4v) is 1.93. The summed E-state index contributed by atoms with van der Waals surface area (Å²) >= 11 is 0. The maximum atomic E-state index is 13.0. The molecule has 0 N–H and O–H groups in total. The summed E-state index contributed by atoms with van der Waals surface area (Å²) in [5.41, 5.74) is -0.128.